The van der Waals surface area contributed by atoms with Crippen molar-refractivity contribution < 1.29 is 0 Å². The fraction of sp³-hybridized carbons (Fsp3) is 0. The zero-order valence-corrected chi connectivity index (χ0v) is 39.7. The second kappa shape index (κ2) is 15.2. The first-order valence-electron chi connectivity index (χ1n) is 24.0. The molecule has 14 aromatic rings. The van der Waals surface area contributed by atoms with Crippen LogP contribution >= 0.6 is 11.3 Å². The molecule has 4 heterocycles. The fourth-order valence-electron chi connectivity index (χ4n) is 12.0. The molecule has 15 rings (SSSR count). The molecule has 0 spiro atoms. The molecule has 0 unspecified atom stereocenters. The second-order valence-electron chi connectivity index (χ2n) is 18.6. The largest absolute Gasteiger partial charge is 0.309 e. The van der Waals surface area contributed by atoms with Gasteiger partial charge in [-0.1, -0.05) is 170 Å². The lowest BCUT2D eigenvalue weighted by atomic mass is 9.99. The van der Waals surface area contributed by atoms with E-state index in [1.54, 1.807) is 0 Å². The maximum atomic E-state index is 5.18. The summed E-state index contributed by atoms with van der Waals surface area (Å²) in [5.41, 5.74) is 8.26. The van der Waals surface area contributed by atoms with Crippen LogP contribution in [0.5, 0.6) is 0 Å². The summed E-state index contributed by atoms with van der Waals surface area (Å²) in [5.74, 6) is 0.938. The van der Waals surface area contributed by atoms with E-state index in [0.717, 1.165) is 16.9 Å². The molecule has 70 heavy (non-hydrogen) atoms. The van der Waals surface area contributed by atoms with Crippen LogP contribution in [-0.4, -0.2) is 17.6 Å². The van der Waals surface area contributed by atoms with Crippen molar-refractivity contribution in [3.05, 3.63) is 249 Å². The third kappa shape index (κ3) is 5.64. The van der Waals surface area contributed by atoms with Crippen molar-refractivity contribution >= 4 is 132 Å². The fourth-order valence-corrected chi connectivity index (χ4v) is 18.2. The van der Waals surface area contributed by atoms with Crippen molar-refractivity contribution in [1.82, 2.24) is 9.55 Å². The molecular weight excluding hydrogens is 883 g/mol. The molecule has 0 radical (unpaired) electrons. The van der Waals surface area contributed by atoms with Crippen LogP contribution in [0, 0.1) is 0 Å². The van der Waals surface area contributed by atoms with E-state index >= 15 is 0 Å². The molecular formula is C65H41N3SSi. The van der Waals surface area contributed by atoms with Gasteiger partial charge in [0.15, 0.2) is 8.07 Å². The van der Waals surface area contributed by atoms with Gasteiger partial charge in [-0.15, -0.1) is 11.3 Å². The number of fused-ring (bicyclic) bond motifs is 12. The summed E-state index contributed by atoms with van der Waals surface area (Å²) in [7, 11) is -2.96. The molecule has 0 bridgehead atoms. The molecule has 0 aliphatic carbocycles. The normalized spacial score (nSPS) is 13.2. The number of benzene rings is 11. The average Bonchev–Trinajstić information content (AvgIpc) is 3.98. The first-order chi connectivity index (χ1) is 34.7. The Morgan fingerprint density at radius 2 is 1.04 bits per heavy atom. The van der Waals surface area contributed by atoms with E-state index < -0.39 is 8.07 Å². The van der Waals surface area contributed by atoms with Gasteiger partial charge in [-0.3, -0.25) is 4.90 Å². The van der Waals surface area contributed by atoms with E-state index in [1.165, 1.54) is 112 Å². The predicted molar refractivity (Wildman–Crippen MR) is 301 cm³/mol. The Balaban J connectivity index is 0.947. The van der Waals surface area contributed by atoms with E-state index in [2.05, 4.69) is 252 Å². The van der Waals surface area contributed by atoms with E-state index in [1.807, 2.05) is 17.5 Å². The number of nitrogens with zero attached hydrogens (tertiary/aromatic N) is 3. The summed E-state index contributed by atoms with van der Waals surface area (Å²) in [6.07, 6.45) is 1.96. The van der Waals surface area contributed by atoms with Crippen LogP contribution in [-0.2, 0) is 0 Å². The highest BCUT2D eigenvalue weighted by atomic mass is 32.1. The lowest BCUT2D eigenvalue weighted by Crippen LogP contribution is -2.77. The second-order valence-corrected chi connectivity index (χ2v) is 23.5. The minimum Gasteiger partial charge on any atom is -0.309 e. The lowest BCUT2D eigenvalue weighted by molar-refractivity contribution is 1.19. The summed E-state index contributed by atoms with van der Waals surface area (Å²) >= 11 is 1.88. The lowest BCUT2D eigenvalue weighted by Gasteiger charge is -2.45. The van der Waals surface area contributed by atoms with Crippen LogP contribution in [0.15, 0.2) is 249 Å². The van der Waals surface area contributed by atoms with E-state index in [-0.39, 0.29) is 0 Å². The molecule has 0 saturated carbocycles. The van der Waals surface area contributed by atoms with Crippen molar-refractivity contribution in [3.63, 3.8) is 0 Å². The van der Waals surface area contributed by atoms with Crippen LogP contribution in [0.2, 0.25) is 0 Å². The molecule has 5 heteroatoms. The third-order valence-electron chi connectivity index (χ3n) is 15.0. The molecule has 1 aliphatic heterocycles. The summed E-state index contributed by atoms with van der Waals surface area (Å²) in [4.78, 5) is 7.62. The number of rotatable bonds is 5. The molecule has 0 fully saturated rings. The van der Waals surface area contributed by atoms with Crippen molar-refractivity contribution in [3.8, 4) is 16.8 Å². The minimum absolute atomic E-state index is 0.938. The average molecular weight is 924 g/mol. The van der Waals surface area contributed by atoms with E-state index in [0.29, 0.717) is 0 Å². The predicted octanol–water partition coefficient (Wildman–Crippen LogP) is 14.8. The van der Waals surface area contributed by atoms with E-state index in [4.69, 9.17) is 4.98 Å². The Hall–Kier alpha value is -8.61. The highest BCUT2D eigenvalue weighted by Gasteiger charge is 2.49. The monoisotopic (exact) mass is 923 g/mol. The summed E-state index contributed by atoms with van der Waals surface area (Å²) < 4.78 is 5.12. The topological polar surface area (TPSA) is 21.1 Å². The molecule has 3 aromatic heterocycles. The first kappa shape index (κ1) is 39.4. The molecule has 0 atom stereocenters. The van der Waals surface area contributed by atoms with Gasteiger partial charge >= 0.3 is 0 Å². The number of aromatic nitrogens is 2. The van der Waals surface area contributed by atoms with Gasteiger partial charge in [0, 0.05) is 59.6 Å². The van der Waals surface area contributed by atoms with Gasteiger partial charge in [0.2, 0.25) is 0 Å². The highest BCUT2D eigenvalue weighted by Crippen LogP contribution is 2.44. The van der Waals surface area contributed by atoms with Crippen LogP contribution in [0.1, 0.15) is 0 Å². The molecule has 0 saturated heterocycles. The van der Waals surface area contributed by atoms with Crippen molar-refractivity contribution in [1.29, 1.82) is 0 Å². The van der Waals surface area contributed by atoms with Crippen LogP contribution < -0.4 is 25.6 Å². The Labute approximate surface area is 409 Å². The standard InChI is InChI=1S/C65H41N3SSi/c1-3-16-49(17-4-1)70(50-18-5-2-6-19-50)62-26-14-12-24-58(62)68(65-51-20-8-7-15-42(51)35-36-66-65)59-33-29-45(41-63(59)70)44-28-32-57-55(39-44)52-21-9-11-23-56(52)67(57)48-31-27-43-37-46-30-34-61-64(54(46)40-47(43)38-48)53-22-10-13-25-60(53)69-61/h1-41H. The SMILES string of the molecule is c1ccc([Si]2(c3ccccc3)c3ccccc3N(c3nccc4ccccc34)c3ccc(-c4ccc5c(c4)c4ccccc4n5-c4ccc5cc6ccc7sc8ccccc8c7c6cc5c4)cc32)cc1. The molecule has 11 aromatic carbocycles. The Morgan fingerprint density at radius 3 is 1.90 bits per heavy atom. The molecule has 1 aliphatic rings. The van der Waals surface area contributed by atoms with Gasteiger partial charge in [0.25, 0.3) is 0 Å². The van der Waals surface area contributed by atoms with Crippen molar-refractivity contribution in [2.45, 2.75) is 0 Å². The number of pyridine rings is 1. The summed E-state index contributed by atoms with van der Waals surface area (Å²) in [5, 5.41) is 17.9. The van der Waals surface area contributed by atoms with Gasteiger partial charge in [-0.25, -0.2) is 4.98 Å². The Morgan fingerprint density at radius 1 is 0.371 bits per heavy atom. The van der Waals surface area contributed by atoms with Crippen LogP contribution in [0.3, 0.4) is 0 Å². The first-order valence-corrected chi connectivity index (χ1v) is 26.8. The molecule has 3 nitrogen and oxygen atoms in total. The Bertz CT molecular complexity index is 4400. The van der Waals surface area contributed by atoms with Gasteiger partial charge in [-0.2, -0.15) is 0 Å². The van der Waals surface area contributed by atoms with Crippen molar-refractivity contribution in [2.75, 3.05) is 4.90 Å². The van der Waals surface area contributed by atoms with Gasteiger partial charge in [0.05, 0.1) is 11.0 Å². The Kier molecular flexibility index (Phi) is 8.55. The number of thiophene rings is 1. The third-order valence-corrected chi connectivity index (χ3v) is 21.0. The zero-order valence-electron chi connectivity index (χ0n) is 37.9. The van der Waals surface area contributed by atoms with Crippen molar-refractivity contribution in [2.24, 2.45) is 0 Å². The summed E-state index contributed by atoms with van der Waals surface area (Å²) in [6.45, 7) is 0. The summed E-state index contributed by atoms with van der Waals surface area (Å²) in [6, 6.07) is 90.8. The maximum Gasteiger partial charge on any atom is 0.184 e. The van der Waals surface area contributed by atoms with Gasteiger partial charge < -0.3 is 4.57 Å². The van der Waals surface area contributed by atoms with Crippen LogP contribution in [0.4, 0.5) is 17.2 Å². The number of hydrogen-bond acceptors (Lipinski definition) is 3. The molecule has 0 N–H and O–H groups in total. The number of para-hydroxylation sites is 2. The number of anilines is 3. The van der Waals surface area contributed by atoms with Crippen LogP contribution in [0.25, 0.3) is 91.1 Å². The maximum absolute atomic E-state index is 5.18. The smallest absolute Gasteiger partial charge is 0.184 e. The van der Waals surface area contributed by atoms with E-state index in [9.17, 15) is 0 Å². The molecule has 0 amide bonds. The zero-order chi connectivity index (χ0) is 45.9. The quantitative estimate of drug-likeness (QED) is 0.127. The number of hydrogen-bond donors (Lipinski definition) is 0. The minimum atomic E-state index is -2.96. The van der Waals surface area contributed by atoms with Gasteiger partial charge in [-0.05, 0) is 132 Å². The molecule has 326 valence electrons. The van der Waals surface area contributed by atoms with Gasteiger partial charge in [0.1, 0.15) is 5.82 Å². The highest BCUT2D eigenvalue weighted by molar-refractivity contribution is 7.26.